The number of anilines is 1. The number of hydrogen-bond donors (Lipinski definition) is 1. The van der Waals surface area contributed by atoms with E-state index in [0.717, 1.165) is 59.0 Å². The zero-order valence-electron chi connectivity index (χ0n) is 14.7. The second-order valence-electron chi connectivity index (χ2n) is 6.38. The van der Waals surface area contributed by atoms with Crippen molar-refractivity contribution in [1.82, 2.24) is 29.1 Å². The number of pyridine rings is 1. The quantitative estimate of drug-likeness (QED) is 0.568. The summed E-state index contributed by atoms with van der Waals surface area (Å²) in [5.41, 5.74) is 4.70. The minimum absolute atomic E-state index is 0.747. The van der Waals surface area contributed by atoms with Crippen molar-refractivity contribution in [2.45, 2.75) is 33.7 Å². The van der Waals surface area contributed by atoms with E-state index in [1.165, 1.54) is 0 Å². The zero-order chi connectivity index (χ0) is 17.4. The van der Waals surface area contributed by atoms with Crippen LogP contribution in [0.1, 0.15) is 23.4 Å². The molecule has 0 fully saturated rings. The molecule has 0 saturated heterocycles. The molecule has 0 aliphatic carbocycles. The average Bonchev–Trinajstić information content (AvgIpc) is 3.18. The highest BCUT2D eigenvalue weighted by Crippen LogP contribution is 2.24. The van der Waals surface area contributed by atoms with E-state index in [1.54, 1.807) is 6.20 Å². The van der Waals surface area contributed by atoms with Crippen molar-refractivity contribution in [2.75, 3.05) is 11.9 Å². The first kappa shape index (κ1) is 15.6. The summed E-state index contributed by atoms with van der Waals surface area (Å²) in [4.78, 5) is 13.3. The molecule has 0 atom stereocenters. The maximum Gasteiger partial charge on any atom is 0.184 e. The van der Waals surface area contributed by atoms with Gasteiger partial charge in [-0.05, 0) is 38.8 Å². The van der Waals surface area contributed by atoms with E-state index in [4.69, 9.17) is 4.98 Å². The van der Waals surface area contributed by atoms with Crippen molar-refractivity contribution >= 4 is 22.5 Å². The number of nitrogens with zero attached hydrogens (tertiary/aromatic N) is 6. The molecule has 4 aromatic heterocycles. The maximum atomic E-state index is 4.69. The molecule has 0 aliphatic rings. The first-order valence-corrected chi connectivity index (χ1v) is 8.46. The summed E-state index contributed by atoms with van der Waals surface area (Å²) in [6.07, 6.45) is 6.61. The van der Waals surface area contributed by atoms with E-state index < -0.39 is 0 Å². The second kappa shape index (κ2) is 6.16. The monoisotopic (exact) mass is 335 g/mol. The van der Waals surface area contributed by atoms with Gasteiger partial charge >= 0.3 is 0 Å². The molecular formula is C18H21N7. The lowest BCUT2D eigenvalue weighted by Crippen LogP contribution is -2.10. The van der Waals surface area contributed by atoms with Gasteiger partial charge < -0.3 is 9.88 Å². The first-order valence-electron chi connectivity index (χ1n) is 8.46. The molecule has 0 saturated carbocycles. The van der Waals surface area contributed by atoms with Gasteiger partial charge in [-0.2, -0.15) is 4.52 Å². The van der Waals surface area contributed by atoms with Gasteiger partial charge in [0.05, 0.1) is 11.7 Å². The van der Waals surface area contributed by atoms with Crippen LogP contribution >= 0.6 is 0 Å². The molecule has 1 N–H and O–H groups in total. The molecule has 4 aromatic rings. The SMILES string of the molecule is Cc1cc(C)c2c(n1)nn1c(NCCCn3ccnc3)cc(C)nc21. The normalized spacial score (nSPS) is 11.5. The van der Waals surface area contributed by atoms with Gasteiger partial charge in [-0.3, -0.25) is 0 Å². The minimum atomic E-state index is 0.747. The number of hydrogen-bond acceptors (Lipinski definition) is 5. The van der Waals surface area contributed by atoms with Gasteiger partial charge in [0.1, 0.15) is 5.82 Å². The second-order valence-corrected chi connectivity index (χ2v) is 6.38. The van der Waals surface area contributed by atoms with Crippen LogP contribution in [-0.2, 0) is 6.54 Å². The van der Waals surface area contributed by atoms with Gasteiger partial charge in [-0.15, -0.1) is 5.10 Å². The molecule has 0 unspecified atom stereocenters. The van der Waals surface area contributed by atoms with Gasteiger partial charge in [0.25, 0.3) is 0 Å². The van der Waals surface area contributed by atoms with E-state index in [0.29, 0.717) is 0 Å². The van der Waals surface area contributed by atoms with Gasteiger partial charge in [0, 0.05) is 42.9 Å². The highest BCUT2D eigenvalue weighted by molar-refractivity contribution is 5.93. The fraction of sp³-hybridized carbons (Fsp3) is 0.333. The summed E-state index contributed by atoms with van der Waals surface area (Å²) < 4.78 is 3.95. The molecule has 0 bridgehead atoms. The van der Waals surface area contributed by atoms with Crippen LogP contribution in [0.4, 0.5) is 5.82 Å². The molecule has 7 heteroatoms. The van der Waals surface area contributed by atoms with Crippen LogP contribution in [0.3, 0.4) is 0 Å². The van der Waals surface area contributed by atoms with Crippen molar-refractivity contribution in [3.05, 3.63) is 47.8 Å². The van der Waals surface area contributed by atoms with Gasteiger partial charge in [-0.25, -0.2) is 15.0 Å². The Morgan fingerprint density at radius 2 is 1.92 bits per heavy atom. The van der Waals surface area contributed by atoms with Crippen molar-refractivity contribution in [3.63, 3.8) is 0 Å². The van der Waals surface area contributed by atoms with Crippen molar-refractivity contribution < 1.29 is 0 Å². The van der Waals surface area contributed by atoms with Crippen LogP contribution in [0.2, 0.25) is 0 Å². The highest BCUT2D eigenvalue weighted by Gasteiger charge is 2.14. The molecule has 0 spiro atoms. The molecule has 0 aliphatic heterocycles. The standard InChI is InChI=1S/C18H21N7/c1-12-9-13(2)21-17-16(12)18-22-14(3)10-15(25(18)23-17)20-5-4-7-24-8-6-19-11-24/h6,8-11,20H,4-5,7H2,1-3H3. The van der Waals surface area contributed by atoms with Crippen LogP contribution < -0.4 is 5.32 Å². The molecule has 0 amide bonds. The topological polar surface area (TPSA) is 72.9 Å². The zero-order valence-corrected chi connectivity index (χ0v) is 14.7. The first-order chi connectivity index (χ1) is 12.1. The number of fused-ring (bicyclic) bond motifs is 3. The number of aromatic nitrogens is 6. The lowest BCUT2D eigenvalue weighted by molar-refractivity contribution is 0.659. The minimum Gasteiger partial charge on any atom is -0.370 e. The molecule has 0 aromatic carbocycles. The largest absolute Gasteiger partial charge is 0.370 e. The summed E-state index contributed by atoms with van der Waals surface area (Å²) in [5, 5.41) is 9.18. The summed E-state index contributed by atoms with van der Waals surface area (Å²) in [6.45, 7) is 7.86. The third-order valence-corrected chi connectivity index (χ3v) is 4.26. The van der Waals surface area contributed by atoms with E-state index in [2.05, 4.69) is 37.9 Å². The summed E-state index contributed by atoms with van der Waals surface area (Å²) >= 11 is 0. The molecular weight excluding hydrogens is 314 g/mol. The maximum absolute atomic E-state index is 4.69. The van der Waals surface area contributed by atoms with E-state index in [-0.39, 0.29) is 0 Å². The third kappa shape index (κ3) is 2.93. The Balaban J connectivity index is 1.65. The highest BCUT2D eigenvalue weighted by atomic mass is 15.3. The Morgan fingerprint density at radius 3 is 2.72 bits per heavy atom. The van der Waals surface area contributed by atoms with Gasteiger partial charge in [0.2, 0.25) is 0 Å². The van der Waals surface area contributed by atoms with E-state index in [9.17, 15) is 0 Å². The van der Waals surface area contributed by atoms with Crippen molar-refractivity contribution in [3.8, 4) is 0 Å². The summed E-state index contributed by atoms with van der Waals surface area (Å²) in [5.74, 6) is 0.947. The molecule has 4 heterocycles. The Labute approximate surface area is 145 Å². The lowest BCUT2D eigenvalue weighted by atomic mass is 10.2. The number of nitrogens with one attached hydrogen (secondary N) is 1. The fourth-order valence-corrected chi connectivity index (χ4v) is 3.17. The summed E-state index contributed by atoms with van der Waals surface area (Å²) in [6, 6.07) is 4.10. The predicted molar refractivity (Wildman–Crippen MR) is 97.8 cm³/mol. The van der Waals surface area contributed by atoms with Crippen LogP contribution in [-0.4, -0.2) is 35.7 Å². The third-order valence-electron chi connectivity index (χ3n) is 4.26. The van der Waals surface area contributed by atoms with E-state index >= 15 is 0 Å². The number of imidazole rings is 1. The lowest BCUT2D eigenvalue weighted by Gasteiger charge is -2.09. The van der Waals surface area contributed by atoms with Crippen molar-refractivity contribution in [2.24, 2.45) is 0 Å². The van der Waals surface area contributed by atoms with Crippen LogP contribution in [0.25, 0.3) is 16.7 Å². The Hall–Kier alpha value is -2.96. The Bertz CT molecular complexity index is 1030. The van der Waals surface area contributed by atoms with E-state index in [1.807, 2.05) is 37.0 Å². The molecule has 128 valence electrons. The Kier molecular flexibility index (Phi) is 3.83. The smallest absolute Gasteiger partial charge is 0.184 e. The fourth-order valence-electron chi connectivity index (χ4n) is 3.17. The van der Waals surface area contributed by atoms with Crippen molar-refractivity contribution in [1.29, 1.82) is 0 Å². The van der Waals surface area contributed by atoms with Crippen LogP contribution in [0.5, 0.6) is 0 Å². The van der Waals surface area contributed by atoms with Gasteiger partial charge in [0.15, 0.2) is 11.3 Å². The molecule has 4 rings (SSSR count). The Morgan fingerprint density at radius 1 is 1.08 bits per heavy atom. The van der Waals surface area contributed by atoms with Gasteiger partial charge in [-0.1, -0.05) is 0 Å². The number of rotatable bonds is 5. The van der Waals surface area contributed by atoms with Crippen LogP contribution in [0, 0.1) is 20.8 Å². The predicted octanol–water partition coefficient (Wildman–Crippen LogP) is 2.90. The molecule has 25 heavy (non-hydrogen) atoms. The molecule has 7 nitrogen and oxygen atoms in total. The summed E-state index contributed by atoms with van der Waals surface area (Å²) in [7, 11) is 0. The average molecular weight is 335 g/mol. The van der Waals surface area contributed by atoms with Crippen LogP contribution in [0.15, 0.2) is 30.9 Å². The molecule has 0 radical (unpaired) electrons. The number of aryl methyl sites for hydroxylation is 4.